The van der Waals surface area contributed by atoms with Gasteiger partial charge < -0.3 is 19.7 Å². The van der Waals surface area contributed by atoms with Crippen molar-refractivity contribution in [2.45, 2.75) is 108 Å². The number of rotatable bonds is 8. The van der Waals surface area contributed by atoms with E-state index >= 15 is 0 Å². The Morgan fingerprint density at radius 1 is 1.03 bits per heavy atom. The molecule has 34 heavy (non-hydrogen) atoms. The lowest BCUT2D eigenvalue weighted by molar-refractivity contribution is -0.0318. The van der Waals surface area contributed by atoms with Crippen LogP contribution in [0.25, 0.3) is 0 Å². The third-order valence-electron chi connectivity index (χ3n) is 9.49. The summed E-state index contributed by atoms with van der Waals surface area (Å²) in [5.74, 6) is 1.78. The summed E-state index contributed by atoms with van der Waals surface area (Å²) < 4.78 is 12.0. The van der Waals surface area contributed by atoms with Crippen LogP contribution in [0.1, 0.15) is 102 Å². The topological polar surface area (TPSA) is 62.2 Å². The van der Waals surface area contributed by atoms with Crippen LogP contribution in [0.2, 0.25) is 0 Å². The van der Waals surface area contributed by atoms with Gasteiger partial charge in [-0.15, -0.1) is 0 Å². The summed E-state index contributed by atoms with van der Waals surface area (Å²) in [5, 5.41) is 21.6. The number of phenols is 1. The van der Waals surface area contributed by atoms with E-state index in [0.29, 0.717) is 11.7 Å². The third-order valence-corrected chi connectivity index (χ3v) is 9.49. The minimum absolute atomic E-state index is 0.181. The molecule has 3 fully saturated rings. The monoisotopic (exact) mass is 471 g/mol. The number of nitrogens with zero attached hydrogens (tertiary/aromatic N) is 1. The Labute approximate surface area is 205 Å². The first-order valence-electron chi connectivity index (χ1n) is 13.9. The zero-order valence-electron chi connectivity index (χ0n) is 21.4. The predicted octanol–water partition coefficient (Wildman–Crippen LogP) is 5.51. The molecule has 1 aromatic rings. The van der Waals surface area contributed by atoms with Gasteiger partial charge in [-0.3, -0.25) is 4.90 Å². The van der Waals surface area contributed by atoms with Crippen LogP contribution in [0.3, 0.4) is 0 Å². The number of hydrogen-bond donors (Lipinski definition) is 2. The SMILES string of the molecule is CC1(C)Oc2cc(C3(CCCCCCN4CCOCC4)CCC3)cc(O)c2[C@@H]2C[C@H](O)CC[C@H]21. The Morgan fingerprint density at radius 3 is 2.53 bits per heavy atom. The van der Waals surface area contributed by atoms with Gasteiger partial charge in [0, 0.05) is 30.5 Å². The highest BCUT2D eigenvalue weighted by molar-refractivity contribution is 5.54. The first-order valence-corrected chi connectivity index (χ1v) is 13.9. The maximum absolute atomic E-state index is 11.2. The normalized spacial score (nSPS) is 30.0. The van der Waals surface area contributed by atoms with E-state index in [9.17, 15) is 10.2 Å². The highest BCUT2D eigenvalue weighted by Gasteiger charge is 2.48. The molecule has 5 rings (SSSR count). The van der Waals surface area contributed by atoms with Crippen molar-refractivity contribution in [2.24, 2.45) is 5.92 Å². The van der Waals surface area contributed by atoms with Crippen LogP contribution in [0.15, 0.2) is 12.1 Å². The Morgan fingerprint density at radius 2 is 1.79 bits per heavy atom. The number of aliphatic hydroxyl groups is 1. The zero-order valence-corrected chi connectivity index (χ0v) is 21.4. The van der Waals surface area contributed by atoms with Crippen LogP contribution in [0.4, 0.5) is 0 Å². The van der Waals surface area contributed by atoms with Crippen LogP contribution >= 0.6 is 0 Å². The quantitative estimate of drug-likeness (QED) is 0.490. The van der Waals surface area contributed by atoms with Crippen molar-refractivity contribution in [3.8, 4) is 11.5 Å². The van der Waals surface area contributed by atoms with E-state index < -0.39 is 0 Å². The molecule has 4 aliphatic rings. The second-order valence-corrected chi connectivity index (χ2v) is 12.0. The van der Waals surface area contributed by atoms with E-state index in [1.54, 1.807) is 0 Å². The number of benzene rings is 1. The minimum atomic E-state index is -0.275. The molecule has 0 aromatic heterocycles. The third kappa shape index (κ3) is 4.85. The number of ether oxygens (including phenoxy) is 2. The Kier molecular flexibility index (Phi) is 7.17. The van der Waals surface area contributed by atoms with Gasteiger partial charge in [0.25, 0.3) is 0 Å². The van der Waals surface area contributed by atoms with Gasteiger partial charge in [0.1, 0.15) is 17.1 Å². The molecule has 2 aliphatic heterocycles. The Bertz CT molecular complexity index is 843. The first kappa shape index (κ1) is 24.4. The van der Waals surface area contributed by atoms with Crippen molar-refractivity contribution in [1.29, 1.82) is 0 Å². The average molecular weight is 472 g/mol. The van der Waals surface area contributed by atoms with E-state index in [1.165, 1.54) is 63.5 Å². The molecule has 0 bridgehead atoms. The number of morpholine rings is 1. The van der Waals surface area contributed by atoms with E-state index in [0.717, 1.165) is 56.9 Å². The van der Waals surface area contributed by atoms with Crippen LogP contribution in [-0.4, -0.2) is 59.7 Å². The summed E-state index contributed by atoms with van der Waals surface area (Å²) in [7, 11) is 0. The van der Waals surface area contributed by atoms with Gasteiger partial charge in [-0.1, -0.05) is 25.7 Å². The van der Waals surface area contributed by atoms with E-state index in [1.807, 2.05) is 0 Å². The van der Waals surface area contributed by atoms with Crippen molar-refractivity contribution in [3.63, 3.8) is 0 Å². The van der Waals surface area contributed by atoms with Gasteiger partial charge >= 0.3 is 0 Å². The molecule has 1 aromatic carbocycles. The van der Waals surface area contributed by atoms with Crippen molar-refractivity contribution in [1.82, 2.24) is 4.90 Å². The van der Waals surface area contributed by atoms with Gasteiger partial charge in [-0.05, 0) is 88.4 Å². The number of aromatic hydroxyl groups is 1. The lowest BCUT2D eigenvalue weighted by Gasteiger charge is -2.49. The molecule has 190 valence electrons. The zero-order chi connectivity index (χ0) is 23.8. The maximum atomic E-state index is 11.2. The smallest absolute Gasteiger partial charge is 0.127 e. The van der Waals surface area contributed by atoms with Gasteiger partial charge in [0.2, 0.25) is 0 Å². The first-order chi connectivity index (χ1) is 16.4. The molecule has 2 heterocycles. The number of phenolic OH excluding ortho intramolecular Hbond substituents is 1. The van der Waals surface area contributed by atoms with Gasteiger partial charge in [0.15, 0.2) is 0 Å². The van der Waals surface area contributed by atoms with Crippen LogP contribution in [0.5, 0.6) is 11.5 Å². The summed E-state index contributed by atoms with van der Waals surface area (Å²) in [4.78, 5) is 2.53. The lowest BCUT2D eigenvalue weighted by atomic mass is 9.61. The van der Waals surface area contributed by atoms with Crippen LogP contribution in [0, 0.1) is 5.92 Å². The molecule has 2 N–H and O–H groups in total. The standard InChI is InChI=1S/C29H45NO4/c1-28(2)24-9-8-22(31)20-23(24)27-25(32)18-21(19-26(27)34-28)29(11-7-12-29)10-5-3-4-6-13-30-14-16-33-17-15-30/h18-19,22-24,31-32H,3-17,20H2,1-2H3/t22-,23-,24-/m1/s1. The molecule has 0 spiro atoms. The van der Waals surface area contributed by atoms with Crippen molar-refractivity contribution in [2.75, 3.05) is 32.8 Å². The molecule has 3 atom stereocenters. The second kappa shape index (κ2) is 9.99. The van der Waals surface area contributed by atoms with Crippen LogP contribution in [-0.2, 0) is 10.2 Å². The summed E-state index contributed by atoms with van der Waals surface area (Å²) in [5.41, 5.74) is 2.15. The Balaban J connectivity index is 1.23. The predicted molar refractivity (Wildman–Crippen MR) is 135 cm³/mol. The van der Waals surface area contributed by atoms with E-state index in [-0.39, 0.29) is 23.0 Å². The number of hydrogen-bond acceptors (Lipinski definition) is 5. The molecule has 2 saturated carbocycles. The molecular formula is C29H45NO4. The highest BCUT2D eigenvalue weighted by Crippen LogP contribution is 2.57. The van der Waals surface area contributed by atoms with Crippen LogP contribution < -0.4 is 4.74 Å². The molecular weight excluding hydrogens is 426 g/mol. The molecule has 0 radical (unpaired) electrons. The fourth-order valence-corrected chi connectivity index (χ4v) is 7.30. The average Bonchev–Trinajstić information content (AvgIpc) is 2.77. The number of fused-ring (bicyclic) bond motifs is 3. The molecule has 5 nitrogen and oxygen atoms in total. The van der Waals surface area contributed by atoms with Gasteiger partial charge in [-0.25, -0.2) is 0 Å². The van der Waals surface area contributed by atoms with E-state index in [4.69, 9.17) is 9.47 Å². The molecule has 5 heteroatoms. The van der Waals surface area contributed by atoms with Crippen molar-refractivity contribution < 1.29 is 19.7 Å². The fourth-order valence-electron chi connectivity index (χ4n) is 7.30. The Hall–Kier alpha value is -1.30. The van der Waals surface area contributed by atoms with E-state index in [2.05, 4.69) is 30.9 Å². The van der Waals surface area contributed by atoms with Crippen molar-refractivity contribution >= 4 is 0 Å². The van der Waals surface area contributed by atoms with Gasteiger partial charge in [-0.2, -0.15) is 0 Å². The largest absolute Gasteiger partial charge is 0.508 e. The summed E-state index contributed by atoms with van der Waals surface area (Å²) in [6, 6.07) is 4.31. The molecule has 1 saturated heterocycles. The lowest BCUT2D eigenvalue weighted by Crippen LogP contribution is -2.47. The molecule has 2 aliphatic carbocycles. The summed E-state index contributed by atoms with van der Waals surface area (Å²) >= 11 is 0. The maximum Gasteiger partial charge on any atom is 0.127 e. The fraction of sp³-hybridized carbons (Fsp3) is 0.793. The summed E-state index contributed by atoms with van der Waals surface area (Å²) in [6.45, 7) is 9.53. The summed E-state index contributed by atoms with van der Waals surface area (Å²) in [6.07, 6.45) is 12.3. The van der Waals surface area contributed by atoms with Gasteiger partial charge in [0.05, 0.1) is 19.3 Å². The number of aliphatic hydroxyl groups excluding tert-OH is 1. The second-order valence-electron chi connectivity index (χ2n) is 12.0. The highest BCUT2D eigenvalue weighted by atomic mass is 16.5. The van der Waals surface area contributed by atoms with Crippen molar-refractivity contribution in [3.05, 3.63) is 23.3 Å². The molecule has 0 amide bonds. The minimum Gasteiger partial charge on any atom is -0.508 e. The molecule has 0 unspecified atom stereocenters. The number of unbranched alkanes of at least 4 members (excludes halogenated alkanes) is 3.